The van der Waals surface area contributed by atoms with E-state index in [-0.39, 0.29) is 31.1 Å². The van der Waals surface area contributed by atoms with E-state index in [1.165, 1.54) is 48.2 Å². The SMILES string of the molecule is CNC(=O)N1CC2(C1)C(=O)N(c1ccc(OC)c(F)c1)CC(=O)N2Cc1ccc(C(F)(F)F)cc1. The van der Waals surface area contributed by atoms with Crippen molar-refractivity contribution in [2.24, 2.45) is 0 Å². The number of methoxy groups -OCH3 is 1. The zero-order valence-corrected chi connectivity index (χ0v) is 18.9. The molecular weight excluding hydrogens is 472 g/mol. The second-order valence-corrected chi connectivity index (χ2v) is 8.33. The third kappa shape index (κ3) is 4.24. The lowest BCUT2D eigenvalue weighted by molar-refractivity contribution is -0.161. The van der Waals surface area contributed by atoms with Crippen LogP contribution in [0.25, 0.3) is 0 Å². The highest BCUT2D eigenvalue weighted by atomic mass is 19.4. The maximum atomic E-state index is 14.3. The van der Waals surface area contributed by atoms with Crippen LogP contribution in [0.3, 0.4) is 0 Å². The first-order valence-electron chi connectivity index (χ1n) is 10.6. The summed E-state index contributed by atoms with van der Waals surface area (Å²) in [4.78, 5) is 42.7. The Hall–Kier alpha value is -3.83. The van der Waals surface area contributed by atoms with Crippen molar-refractivity contribution in [1.82, 2.24) is 15.1 Å². The molecule has 12 heteroatoms. The van der Waals surface area contributed by atoms with Gasteiger partial charge in [0, 0.05) is 25.3 Å². The van der Waals surface area contributed by atoms with E-state index < -0.39 is 47.5 Å². The molecule has 0 saturated carbocycles. The van der Waals surface area contributed by atoms with Crippen molar-refractivity contribution in [3.63, 3.8) is 0 Å². The lowest BCUT2D eigenvalue weighted by Gasteiger charge is -2.57. The number of piperazine rings is 1. The number of rotatable bonds is 4. The van der Waals surface area contributed by atoms with Crippen molar-refractivity contribution < 1.29 is 36.7 Å². The number of hydrogen-bond acceptors (Lipinski definition) is 4. The predicted octanol–water partition coefficient (Wildman–Crippen LogP) is 2.62. The molecule has 0 atom stereocenters. The molecule has 2 aliphatic rings. The Labute approximate surface area is 198 Å². The monoisotopic (exact) mass is 494 g/mol. The van der Waals surface area contributed by atoms with Gasteiger partial charge in [0.15, 0.2) is 17.1 Å². The van der Waals surface area contributed by atoms with Crippen LogP contribution in [-0.2, 0) is 22.3 Å². The summed E-state index contributed by atoms with van der Waals surface area (Å²) in [7, 11) is 2.72. The highest BCUT2D eigenvalue weighted by Crippen LogP contribution is 2.38. The van der Waals surface area contributed by atoms with E-state index in [1.54, 1.807) is 0 Å². The Morgan fingerprint density at radius 3 is 2.31 bits per heavy atom. The second kappa shape index (κ2) is 8.75. The van der Waals surface area contributed by atoms with E-state index in [9.17, 15) is 31.9 Å². The van der Waals surface area contributed by atoms with E-state index in [0.717, 1.165) is 23.1 Å². The summed E-state index contributed by atoms with van der Waals surface area (Å²) in [6, 6.07) is 7.72. The van der Waals surface area contributed by atoms with Crippen LogP contribution in [0, 0.1) is 5.82 Å². The number of benzene rings is 2. The van der Waals surface area contributed by atoms with Crippen molar-refractivity contribution in [1.29, 1.82) is 0 Å². The Bertz CT molecular complexity index is 1160. The van der Waals surface area contributed by atoms with Crippen LogP contribution in [0.1, 0.15) is 11.1 Å². The Morgan fingerprint density at radius 1 is 1.11 bits per heavy atom. The molecule has 186 valence electrons. The molecule has 35 heavy (non-hydrogen) atoms. The van der Waals surface area contributed by atoms with Crippen molar-refractivity contribution >= 4 is 23.5 Å². The van der Waals surface area contributed by atoms with Crippen molar-refractivity contribution in [3.8, 4) is 5.75 Å². The van der Waals surface area contributed by atoms with Gasteiger partial charge < -0.3 is 24.8 Å². The number of nitrogens with one attached hydrogen (secondary N) is 1. The number of amides is 4. The lowest BCUT2D eigenvalue weighted by Crippen LogP contribution is -2.81. The van der Waals surface area contributed by atoms with Crippen molar-refractivity contribution in [2.75, 3.05) is 38.7 Å². The van der Waals surface area contributed by atoms with Gasteiger partial charge in [0.25, 0.3) is 5.91 Å². The molecule has 0 aromatic heterocycles. The molecule has 0 radical (unpaired) electrons. The van der Waals surface area contributed by atoms with Crippen LogP contribution >= 0.6 is 0 Å². The summed E-state index contributed by atoms with van der Waals surface area (Å²) in [6.45, 7) is -0.762. The molecule has 2 saturated heterocycles. The second-order valence-electron chi connectivity index (χ2n) is 8.33. The molecule has 4 amide bonds. The van der Waals surface area contributed by atoms with Gasteiger partial charge in [-0.1, -0.05) is 12.1 Å². The minimum Gasteiger partial charge on any atom is -0.494 e. The number of alkyl halides is 3. The molecule has 2 heterocycles. The largest absolute Gasteiger partial charge is 0.494 e. The van der Waals surface area contributed by atoms with E-state index in [2.05, 4.69) is 5.32 Å². The summed E-state index contributed by atoms with van der Waals surface area (Å²) in [5.74, 6) is -1.75. The lowest BCUT2D eigenvalue weighted by atomic mass is 9.83. The third-order valence-corrected chi connectivity index (χ3v) is 6.23. The molecule has 1 N–H and O–H groups in total. The number of halogens is 4. The molecule has 2 aromatic carbocycles. The number of urea groups is 1. The highest BCUT2D eigenvalue weighted by molar-refractivity contribution is 6.10. The average Bonchev–Trinajstić information content (AvgIpc) is 2.79. The van der Waals surface area contributed by atoms with Gasteiger partial charge in [0.1, 0.15) is 6.54 Å². The molecule has 2 aromatic rings. The van der Waals surface area contributed by atoms with Gasteiger partial charge in [0.2, 0.25) is 5.91 Å². The Morgan fingerprint density at radius 2 is 1.77 bits per heavy atom. The molecule has 0 bridgehead atoms. The molecular formula is C23H22F4N4O4. The molecule has 2 aliphatic heterocycles. The quantitative estimate of drug-likeness (QED) is 0.663. The molecule has 4 rings (SSSR count). The fourth-order valence-corrected chi connectivity index (χ4v) is 4.34. The number of carbonyl (C=O) groups is 3. The Balaban J connectivity index is 1.66. The number of carbonyl (C=O) groups excluding carboxylic acids is 3. The van der Waals surface area contributed by atoms with Crippen LogP contribution in [0.5, 0.6) is 5.75 Å². The Kier molecular flexibility index (Phi) is 6.07. The fourth-order valence-electron chi connectivity index (χ4n) is 4.34. The minimum atomic E-state index is -4.51. The minimum absolute atomic E-state index is 0.0300. The van der Waals surface area contributed by atoms with E-state index >= 15 is 0 Å². The number of anilines is 1. The summed E-state index contributed by atoms with van der Waals surface area (Å²) in [5, 5.41) is 2.45. The number of nitrogens with zero attached hydrogens (tertiary/aromatic N) is 3. The van der Waals surface area contributed by atoms with Gasteiger partial charge in [-0.15, -0.1) is 0 Å². The normalized spacial score (nSPS) is 17.5. The van der Waals surface area contributed by atoms with Crippen LogP contribution in [0.2, 0.25) is 0 Å². The topological polar surface area (TPSA) is 82.2 Å². The fraction of sp³-hybridized carbons (Fsp3) is 0.348. The third-order valence-electron chi connectivity index (χ3n) is 6.23. The summed E-state index contributed by atoms with van der Waals surface area (Å²) in [5.41, 5.74) is -1.74. The molecule has 0 unspecified atom stereocenters. The smallest absolute Gasteiger partial charge is 0.416 e. The van der Waals surface area contributed by atoms with E-state index in [0.29, 0.717) is 5.56 Å². The number of likely N-dealkylation sites (tertiary alicyclic amines) is 1. The average molecular weight is 494 g/mol. The summed E-state index contributed by atoms with van der Waals surface area (Å²) < 4.78 is 58.0. The zero-order valence-electron chi connectivity index (χ0n) is 18.9. The molecule has 1 spiro atoms. The summed E-state index contributed by atoms with van der Waals surface area (Å²) >= 11 is 0. The van der Waals surface area contributed by atoms with E-state index in [1.807, 2.05) is 0 Å². The summed E-state index contributed by atoms with van der Waals surface area (Å²) in [6.07, 6.45) is -4.51. The number of hydrogen-bond donors (Lipinski definition) is 1. The van der Waals surface area contributed by atoms with Crippen molar-refractivity contribution in [3.05, 3.63) is 59.4 Å². The molecule has 8 nitrogen and oxygen atoms in total. The first-order chi connectivity index (χ1) is 16.5. The van der Waals surface area contributed by atoms with Crippen LogP contribution in [0.4, 0.5) is 28.0 Å². The predicted molar refractivity (Wildman–Crippen MR) is 116 cm³/mol. The van der Waals surface area contributed by atoms with Crippen LogP contribution < -0.4 is 15.0 Å². The maximum absolute atomic E-state index is 14.3. The van der Waals surface area contributed by atoms with Gasteiger partial charge in [-0.2, -0.15) is 13.2 Å². The van der Waals surface area contributed by atoms with Crippen molar-refractivity contribution in [2.45, 2.75) is 18.3 Å². The maximum Gasteiger partial charge on any atom is 0.416 e. The van der Waals surface area contributed by atoms with Gasteiger partial charge in [-0.25, -0.2) is 9.18 Å². The van der Waals surface area contributed by atoms with Gasteiger partial charge in [-0.3, -0.25) is 9.59 Å². The van der Waals surface area contributed by atoms with Gasteiger partial charge >= 0.3 is 12.2 Å². The molecule has 2 fully saturated rings. The molecule has 0 aliphatic carbocycles. The first-order valence-corrected chi connectivity index (χ1v) is 10.6. The number of ether oxygens (including phenoxy) is 1. The first kappa shape index (κ1) is 24.3. The van der Waals surface area contributed by atoms with Gasteiger partial charge in [0.05, 0.1) is 25.8 Å². The standard InChI is InChI=1S/C23H22F4N4O4/c1-28-21(34)29-12-22(13-29)20(33)30(16-7-8-18(35-2)17(24)9-16)11-19(32)31(22)10-14-3-5-15(6-4-14)23(25,26)27/h3-9H,10-13H2,1-2H3,(H,28,34). The van der Waals surface area contributed by atoms with Crippen LogP contribution in [-0.4, -0.2) is 67.0 Å². The zero-order chi connectivity index (χ0) is 25.5. The van der Waals surface area contributed by atoms with Gasteiger partial charge in [-0.05, 0) is 29.8 Å². The van der Waals surface area contributed by atoms with Crippen LogP contribution in [0.15, 0.2) is 42.5 Å². The highest BCUT2D eigenvalue weighted by Gasteiger charge is 2.60. The van der Waals surface area contributed by atoms with E-state index in [4.69, 9.17) is 4.74 Å².